The summed E-state index contributed by atoms with van der Waals surface area (Å²) >= 11 is 1.89. The van der Waals surface area contributed by atoms with E-state index in [-0.39, 0.29) is 5.54 Å². The Labute approximate surface area is 109 Å². The highest BCUT2D eigenvalue weighted by atomic mass is 32.1. The summed E-state index contributed by atoms with van der Waals surface area (Å²) in [4.78, 5) is 5.08. The molecule has 0 unspecified atom stereocenters. The van der Waals surface area contributed by atoms with Crippen LogP contribution in [0.25, 0.3) is 0 Å². The number of nitrogens with one attached hydrogen (secondary N) is 1. The van der Waals surface area contributed by atoms with Crippen molar-refractivity contribution in [1.82, 2.24) is 10.2 Å². The maximum atomic E-state index is 3.76. The van der Waals surface area contributed by atoms with E-state index in [0.29, 0.717) is 0 Å². The van der Waals surface area contributed by atoms with Crippen LogP contribution in [0.4, 0.5) is 0 Å². The first-order chi connectivity index (χ1) is 7.90. The van der Waals surface area contributed by atoms with Crippen LogP contribution in [0.3, 0.4) is 0 Å². The van der Waals surface area contributed by atoms with Crippen LogP contribution in [-0.2, 0) is 13.1 Å². The molecule has 0 radical (unpaired) electrons. The van der Waals surface area contributed by atoms with Gasteiger partial charge in [0, 0.05) is 34.9 Å². The first kappa shape index (κ1) is 14.4. The number of likely N-dealkylation sites (N-methyl/N-ethyl adjacent to an activating group) is 1. The third-order valence-electron chi connectivity index (χ3n) is 2.38. The van der Waals surface area contributed by atoms with E-state index < -0.39 is 0 Å². The van der Waals surface area contributed by atoms with Gasteiger partial charge in [-0.2, -0.15) is 0 Å². The molecule has 0 atom stereocenters. The fourth-order valence-electron chi connectivity index (χ4n) is 1.51. The van der Waals surface area contributed by atoms with E-state index in [1.54, 1.807) is 0 Å². The van der Waals surface area contributed by atoms with Crippen LogP contribution in [0.15, 0.2) is 24.8 Å². The average Bonchev–Trinajstić information content (AvgIpc) is 2.62. The smallest absolute Gasteiger partial charge is 0.0328 e. The quantitative estimate of drug-likeness (QED) is 0.782. The number of hydrogen-bond acceptors (Lipinski definition) is 3. The molecule has 0 spiro atoms. The van der Waals surface area contributed by atoms with Crippen molar-refractivity contribution in [3.8, 4) is 0 Å². The molecule has 0 aliphatic heterocycles. The maximum absolute atomic E-state index is 3.76. The molecule has 0 saturated heterocycles. The highest BCUT2D eigenvalue weighted by Crippen LogP contribution is 2.18. The van der Waals surface area contributed by atoms with Gasteiger partial charge in [0.1, 0.15) is 0 Å². The summed E-state index contributed by atoms with van der Waals surface area (Å²) in [6.45, 7) is 13.2. The maximum Gasteiger partial charge on any atom is 0.0328 e. The van der Waals surface area contributed by atoms with Crippen LogP contribution < -0.4 is 5.32 Å². The van der Waals surface area contributed by atoms with Crippen LogP contribution in [0.1, 0.15) is 30.5 Å². The number of rotatable bonds is 6. The van der Waals surface area contributed by atoms with Crippen molar-refractivity contribution in [2.24, 2.45) is 0 Å². The van der Waals surface area contributed by atoms with Gasteiger partial charge >= 0.3 is 0 Å². The third kappa shape index (κ3) is 6.01. The molecular weight excluding hydrogens is 228 g/mol. The summed E-state index contributed by atoms with van der Waals surface area (Å²) in [5, 5.41) is 3.51. The molecule has 0 aromatic carbocycles. The monoisotopic (exact) mass is 252 g/mol. The van der Waals surface area contributed by atoms with Crippen molar-refractivity contribution < 1.29 is 0 Å². The molecule has 96 valence electrons. The van der Waals surface area contributed by atoms with E-state index >= 15 is 0 Å². The SMILES string of the molecule is C=CCN(C)Cc1ccc(CNC(C)(C)C)s1. The first-order valence-corrected chi connectivity index (χ1v) is 6.84. The molecule has 1 N–H and O–H groups in total. The van der Waals surface area contributed by atoms with E-state index in [2.05, 4.69) is 56.7 Å². The summed E-state index contributed by atoms with van der Waals surface area (Å²) in [5.74, 6) is 0. The van der Waals surface area contributed by atoms with E-state index in [4.69, 9.17) is 0 Å². The predicted octanol–water partition coefficient (Wildman–Crippen LogP) is 3.25. The van der Waals surface area contributed by atoms with Gasteiger partial charge in [0.2, 0.25) is 0 Å². The molecule has 17 heavy (non-hydrogen) atoms. The van der Waals surface area contributed by atoms with Gasteiger partial charge in [0.05, 0.1) is 0 Å². The first-order valence-electron chi connectivity index (χ1n) is 6.03. The summed E-state index contributed by atoms with van der Waals surface area (Å²) in [7, 11) is 2.12. The minimum absolute atomic E-state index is 0.184. The molecule has 0 saturated carbocycles. The molecule has 1 rings (SSSR count). The van der Waals surface area contributed by atoms with E-state index in [0.717, 1.165) is 19.6 Å². The summed E-state index contributed by atoms with van der Waals surface area (Å²) in [6.07, 6.45) is 1.94. The largest absolute Gasteiger partial charge is 0.307 e. The Morgan fingerprint density at radius 2 is 2.00 bits per heavy atom. The number of nitrogens with zero attached hydrogens (tertiary/aromatic N) is 1. The Bertz CT molecular complexity index is 349. The molecular formula is C14H24N2S. The van der Waals surface area contributed by atoms with Gasteiger partial charge in [-0.25, -0.2) is 0 Å². The highest BCUT2D eigenvalue weighted by molar-refractivity contribution is 7.11. The van der Waals surface area contributed by atoms with Crippen LogP contribution in [-0.4, -0.2) is 24.0 Å². The highest BCUT2D eigenvalue weighted by Gasteiger charge is 2.09. The van der Waals surface area contributed by atoms with Crippen LogP contribution in [0.2, 0.25) is 0 Å². The minimum atomic E-state index is 0.184. The number of thiophene rings is 1. The van der Waals surface area contributed by atoms with Gasteiger partial charge in [-0.15, -0.1) is 17.9 Å². The van der Waals surface area contributed by atoms with Gasteiger partial charge in [0.25, 0.3) is 0 Å². The third-order valence-corrected chi connectivity index (χ3v) is 3.45. The van der Waals surface area contributed by atoms with Crippen molar-refractivity contribution in [2.75, 3.05) is 13.6 Å². The zero-order chi connectivity index (χ0) is 12.9. The fraction of sp³-hybridized carbons (Fsp3) is 0.571. The van der Waals surface area contributed by atoms with Crippen molar-refractivity contribution in [3.05, 3.63) is 34.5 Å². The van der Waals surface area contributed by atoms with Gasteiger partial charge < -0.3 is 5.32 Å². The molecule has 0 bridgehead atoms. The minimum Gasteiger partial charge on any atom is -0.307 e. The molecule has 2 nitrogen and oxygen atoms in total. The second-order valence-corrected chi connectivity index (χ2v) is 6.71. The lowest BCUT2D eigenvalue weighted by molar-refractivity contribution is 0.367. The van der Waals surface area contributed by atoms with E-state index in [9.17, 15) is 0 Å². The lowest BCUT2D eigenvalue weighted by atomic mass is 10.1. The molecule has 1 aromatic heterocycles. The Balaban J connectivity index is 2.45. The molecule has 0 aliphatic rings. The van der Waals surface area contributed by atoms with Crippen LogP contribution >= 0.6 is 11.3 Å². The average molecular weight is 252 g/mol. The zero-order valence-electron chi connectivity index (χ0n) is 11.4. The molecule has 1 heterocycles. The fourth-order valence-corrected chi connectivity index (χ4v) is 2.54. The summed E-state index contributed by atoms with van der Waals surface area (Å²) < 4.78 is 0. The van der Waals surface area contributed by atoms with E-state index in [1.807, 2.05) is 17.4 Å². The Morgan fingerprint density at radius 1 is 1.35 bits per heavy atom. The molecule has 0 fully saturated rings. The molecule has 0 amide bonds. The molecule has 0 aliphatic carbocycles. The van der Waals surface area contributed by atoms with Crippen molar-refractivity contribution in [1.29, 1.82) is 0 Å². The van der Waals surface area contributed by atoms with Crippen LogP contribution in [0, 0.1) is 0 Å². The summed E-state index contributed by atoms with van der Waals surface area (Å²) in [5.41, 5.74) is 0.184. The lowest BCUT2D eigenvalue weighted by Crippen LogP contribution is -2.34. The second kappa shape index (κ2) is 6.34. The normalized spacial score (nSPS) is 12.1. The van der Waals surface area contributed by atoms with Gasteiger partial charge in [0.15, 0.2) is 0 Å². The predicted molar refractivity (Wildman–Crippen MR) is 77.4 cm³/mol. The van der Waals surface area contributed by atoms with E-state index in [1.165, 1.54) is 9.75 Å². The van der Waals surface area contributed by atoms with Gasteiger partial charge in [-0.1, -0.05) is 6.08 Å². The van der Waals surface area contributed by atoms with Crippen LogP contribution in [0.5, 0.6) is 0 Å². The molecule has 1 aromatic rings. The number of hydrogen-bond donors (Lipinski definition) is 1. The second-order valence-electron chi connectivity index (χ2n) is 5.46. The molecule has 3 heteroatoms. The lowest BCUT2D eigenvalue weighted by Gasteiger charge is -2.19. The standard InChI is InChI=1S/C14H24N2S/c1-6-9-16(5)11-13-8-7-12(17-13)10-15-14(2,3)4/h6-8,15H,1,9-11H2,2-5H3. The Kier molecular flexibility index (Phi) is 5.37. The van der Waals surface area contributed by atoms with Crippen molar-refractivity contribution >= 4 is 11.3 Å². The zero-order valence-corrected chi connectivity index (χ0v) is 12.2. The Hall–Kier alpha value is -0.640. The topological polar surface area (TPSA) is 15.3 Å². The van der Waals surface area contributed by atoms with Crippen molar-refractivity contribution in [3.63, 3.8) is 0 Å². The summed E-state index contributed by atoms with van der Waals surface area (Å²) in [6, 6.07) is 4.45. The Morgan fingerprint density at radius 3 is 2.59 bits per heavy atom. The van der Waals surface area contributed by atoms with Crippen molar-refractivity contribution in [2.45, 2.75) is 39.4 Å². The van der Waals surface area contributed by atoms with Gasteiger partial charge in [-0.05, 0) is 40.0 Å². The van der Waals surface area contributed by atoms with Gasteiger partial charge in [-0.3, -0.25) is 4.90 Å².